The van der Waals surface area contributed by atoms with Crippen molar-refractivity contribution in [3.63, 3.8) is 0 Å². The third-order valence-electron chi connectivity index (χ3n) is 4.30. The van der Waals surface area contributed by atoms with Crippen LogP contribution in [-0.2, 0) is 19.0 Å². The van der Waals surface area contributed by atoms with E-state index in [9.17, 15) is 15.0 Å². The molecule has 0 radical (unpaired) electrons. The van der Waals surface area contributed by atoms with Crippen molar-refractivity contribution in [2.45, 2.75) is 39.0 Å². The van der Waals surface area contributed by atoms with Crippen LogP contribution >= 0.6 is 0 Å². The lowest BCUT2D eigenvalue weighted by molar-refractivity contribution is -0.430. The zero-order chi connectivity index (χ0) is 14.2. The van der Waals surface area contributed by atoms with Gasteiger partial charge in [-0.05, 0) is 24.7 Å². The highest BCUT2D eigenvalue weighted by atomic mass is 16.9. The van der Waals surface area contributed by atoms with Crippen molar-refractivity contribution in [1.29, 1.82) is 0 Å². The molecule has 19 heavy (non-hydrogen) atoms. The average Bonchev–Trinajstić information content (AvgIpc) is 2.96. The van der Waals surface area contributed by atoms with E-state index >= 15 is 0 Å². The molecule has 0 aromatic carbocycles. The Bertz CT molecular complexity index is 346. The predicted octanol–water partition coefficient (Wildman–Crippen LogP) is 0.469. The first-order valence-corrected chi connectivity index (χ1v) is 6.87. The Morgan fingerprint density at radius 2 is 2.05 bits per heavy atom. The molecule has 0 aromatic heterocycles. The lowest BCUT2D eigenvalue weighted by atomic mass is 9.78. The van der Waals surface area contributed by atoms with Crippen LogP contribution in [-0.4, -0.2) is 42.2 Å². The number of aliphatic hydroxyl groups excluding tert-OH is 1. The molecular weight excluding hydrogens is 252 g/mol. The van der Waals surface area contributed by atoms with Crippen molar-refractivity contribution in [3.05, 3.63) is 0 Å². The second-order valence-electron chi connectivity index (χ2n) is 5.03. The fraction of sp³-hybridized carbons (Fsp3) is 0.923. The Morgan fingerprint density at radius 3 is 2.68 bits per heavy atom. The fourth-order valence-electron chi connectivity index (χ4n) is 3.59. The molecule has 3 aliphatic rings. The summed E-state index contributed by atoms with van der Waals surface area (Å²) in [6.45, 7) is 4.41. The summed E-state index contributed by atoms with van der Waals surface area (Å²) in [4.78, 5) is 11.7. The van der Waals surface area contributed by atoms with Crippen molar-refractivity contribution < 1.29 is 29.2 Å². The number of hydrogen-bond acceptors (Lipinski definition) is 6. The highest BCUT2D eigenvalue weighted by Gasteiger charge is 2.65. The van der Waals surface area contributed by atoms with E-state index in [2.05, 4.69) is 0 Å². The molecule has 3 fully saturated rings. The number of ether oxygens (including phenoxy) is 3. The van der Waals surface area contributed by atoms with Crippen LogP contribution < -0.4 is 0 Å². The molecule has 0 bridgehead atoms. The minimum Gasteiger partial charge on any atom is -0.469 e. The van der Waals surface area contributed by atoms with E-state index in [1.807, 2.05) is 13.8 Å². The van der Waals surface area contributed by atoms with Crippen LogP contribution in [0.3, 0.4) is 0 Å². The van der Waals surface area contributed by atoms with Crippen molar-refractivity contribution in [2.24, 2.45) is 23.7 Å². The van der Waals surface area contributed by atoms with Crippen LogP contribution in [0.2, 0.25) is 0 Å². The molecule has 0 aromatic rings. The molecule has 1 saturated carbocycles. The van der Waals surface area contributed by atoms with Crippen LogP contribution in [0.1, 0.15) is 26.7 Å². The summed E-state index contributed by atoms with van der Waals surface area (Å²) < 4.78 is 15.0. The Kier molecular flexibility index (Phi) is 4.15. The molecule has 0 amide bonds. The second-order valence-corrected chi connectivity index (χ2v) is 5.03. The second kappa shape index (κ2) is 5.36. The molecule has 6 nitrogen and oxygen atoms in total. The lowest BCUT2D eigenvalue weighted by Gasteiger charge is -2.42. The summed E-state index contributed by atoms with van der Waals surface area (Å²) in [6.07, 6.45) is 0.285. The van der Waals surface area contributed by atoms with E-state index in [4.69, 9.17) is 14.2 Å². The molecule has 2 saturated heterocycles. The average molecular weight is 274 g/mol. The van der Waals surface area contributed by atoms with Gasteiger partial charge >= 0.3 is 5.97 Å². The number of rotatable bonds is 1. The van der Waals surface area contributed by atoms with E-state index in [1.54, 1.807) is 0 Å². The third-order valence-corrected chi connectivity index (χ3v) is 4.30. The van der Waals surface area contributed by atoms with Crippen molar-refractivity contribution in [1.82, 2.24) is 0 Å². The van der Waals surface area contributed by atoms with Gasteiger partial charge in [-0.2, -0.15) is 0 Å². The number of hydrogen-bond donors (Lipinski definition) is 2. The van der Waals surface area contributed by atoms with Gasteiger partial charge in [0.1, 0.15) is 5.92 Å². The van der Waals surface area contributed by atoms with Crippen LogP contribution in [0.5, 0.6) is 0 Å². The number of aliphatic hydroxyl groups is 2. The number of methoxy groups -OCH3 is 1. The number of carbonyl (C=O) groups is 1. The highest BCUT2D eigenvalue weighted by molar-refractivity contribution is 5.73. The van der Waals surface area contributed by atoms with E-state index in [1.165, 1.54) is 7.11 Å². The Hall–Kier alpha value is -0.690. The van der Waals surface area contributed by atoms with E-state index in [0.717, 1.165) is 12.8 Å². The molecule has 0 spiro atoms. The van der Waals surface area contributed by atoms with Gasteiger partial charge in [0.25, 0.3) is 5.97 Å². The van der Waals surface area contributed by atoms with E-state index in [0.29, 0.717) is 6.61 Å². The van der Waals surface area contributed by atoms with Crippen LogP contribution in [0.25, 0.3) is 0 Å². The molecule has 110 valence electrons. The highest BCUT2D eigenvalue weighted by Crippen LogP contribution is 2.56. The summed E-state index contributed by atoms with van der Waals surface area (Å²) in [7, 11) is 1.29. The monoisotopic (exact) mass is 274 g/mol. The first-order chi connectivity index (χ1) is 9.07. The van der Waals surface area contributed by atoms with Crippen LogP contribution in [0.15, 0.2) is 0 Å². The molecular formula is C13H22O6. The molecule has 3 rings (SSSR count). The standard InChI is InChI=1S/C11H16O6.C2H6/c1-15-9(12)7-6-3-2-5-4-16-11(14,8(5)6)17-10(7)13;1-2/h5-8,10,13-14H,2-4H2,1H3;1-2H3. The van der Waals surface area contributed by atoms with Gasteiger partial charge in [0.2, 0.25) is 0 Å². The summed E-state index contributed by atoms with van der Waals surface area (Å²) in [6, 6.07) is 0. The molecule has 2 N–H and O–H groups in total. The molecule has 1 aliphatic carbocycles. The maximum Gasteiger partial charge on any atom is 0.314 e. The molecule has 6 heteroatoms. The largest absolute Gasteiger partial charge is 0.469 e. The summed E-state index contributed by atoms with van der Waals surface area (Å²) in [5.41, 5.74) is 0. The van der Waals surface area contributed by atoms with Crippen molar-refractivity contribution >= 4 is 5.97 Å². The molecule has 2 heterocycles. The third kappa shape index (κ3) is 2.16. The van der Waals surface area contributed by atoms with Gasteiger partial charge in [0.15, 0.2) is 6.29 Å². The minimum atomic E-state index is -1.73. The zero-order valence-corrected chi connectivity index (χ0v) is 11.5. The van der Waals surface area contributed by atoms with Gasteiger partial charge in [0, 0.05) is 5.92 Å². The first-order valence-electron chi connectivity index (χ1n) is 6.87. The topological polar surface area (TPSA) is 85.2 Å². The smallest absolute Gasteiger partial charge is 0.314 e. The molecule has 2 aliphatic heterocycles. The van der Waals surface area contributed by atoms with Gasteiger partial charge in [-0.1, -0.05) is 13.8 Å². The van der Waals surface area contributed by atoms with Crippen LogP contribution in [0.4, 0.5) is 0 Å². The van der Waals surface area contributed by atoms with E-state index in [-0.39, 0.29) is 17.8 Å². The van der Waals surface area contributed by atoms with Crippen LogP contribution in [0, 0.1) is 23.7 Å². The SMILES string of the molecule is CC.COC(=O)C1C(O)OC2(O)OCC3CCC1C32. The van der Waals surface area contributed by atoms with E-state index < -0.39 is 24.2 Å². The maximum absolute atomic E-state index is 11.7. The molecule has 6 unspecified atom stereocenters. The van der Waals surface area contributed by atoms with Gasteiger partial charge in [-0.25, -0.2) is 0 Å². The first kappa shape index (κ1) is 14.7. The number of carbonyl (C=O) groups excluding carboxylic acids is 1. The lowest BCUT2D eigenvalue weighted by Crippen LogP contribution is -2.56. The van der Waals surface area contributed by atoms with Crippen molar-refractivity contribution in [3.8, 4) is 0 Å². The Balaban J connectivity index is 0.000000637. The molecule has 6 atom stereocenters. The summed E-state index contributed by atoms with van der Waals surface area (Å²) >= 11 is 0. The fourth-order valence-corrected chi connectivity index (χ4v) is 3.59. The van der Waals surface area contributed by atoms with Gasteiger partial charge < -0.3 is 19.7 Å². The summed E-state index contributed by atoms with van der Waals surface area (Å²) in [5.74, 6) is -3.12. The van der Waals surface area contributed by atoms with Crippen molar-refractivity contribution in [2.75, 3.05) is 13.7 Å². The Labute approximate surface area is 112 Å². The Morgan fingerprint density at radius 1 is 1.37 bits per heavy atom. The summed E-state index contributed by atoms with van der Waals surface area (Å²) in [5, 5.41) is 20.0. The quantitative estimate of drug-likeness (QED) is 0.676. The zero-order valence-electron chi connectivity index (χ0n) is 11.5. The van der Waals surface area contributed by atoms with Gasteiger partial charge in [0.05, 0.1) is 13.7 Å². The number of esters is 1. The normalized spacial score (nSPS) is 47.1. The van der Waals surface area contributed by atoms with Gasteiger partial charge in [-0.3, -0.25) is 9.53 Å². The maximum atomic E-state index is 11.7. The minimum absolute atomic E-state index is 0.135. The van der Waals surface area contributed by atoms with Gasteiger partial charge in [-0.15, -0.1) is 0 Å². The predicted molar refractivity (Wildman–Crippen MR) is 64.6 cm³/mol.